The largest absolute Gasteiger partial charge is 0.492 e. The Balaban J connectivity index is 2.19. The van der Waals surface area contributed by atoms with Gasteiger partial charge in [-0.25, -0.2) is 8.42 Å². The Hall–Kier alpha value is -1.61. The SMILES string of the molecule is CCOc1ccc(Cl)cc1S(=O)(=O)NC(C)C(=O)Nc1ccccc1Br. The normalized spacial score (nSPS) is 12.5. The maximum Gasteiger partial charge on any atom is 0.245 e. The van der Waals surface area contributed by atoms with Crippen LogP contribution in [0.1, 0.15) is 13.8 Å². The molecule has 6 nitrogen and oxygen atoms in total. The van der Waals surface area contributed by atoms with E-state index in [0.29, 0.717) is 16.8 Å². The minimum atomic E-state index is -4.01. The highest BCUT2D eigenvalue weighted by Crippen LogP contribution is 2.27. The van der Waals surface area contributed by atoms with Crippen LogP contribution in [-0.2, 0) is 14.8 Å². The van der Waals surface area contributed by atoms with Crippen LogP contribution in [0.5, 0.6) is 5.75 Å². The van der Waals surface area contributed by atoms with Crippen molar-refractivity contribution in [2.45, 2.75) is 24.8 Å². The lowest BCUT2D eigenvalue weighted by molar-refractivity contribution is -0.117. The van der Waals surface area contributed by atoms with E-state index >= 15 is 0 Å². The van der Waals surface area contributed by atoms with Gasteiger partial charge in [0.2, 0.25) is 15.9 Å². The van der Waals surface area contributed by atoms with Crippen LogP contribution in [0.3, 0.4) is 0 Å². The number of amides is 1. The molecule has 0 aliphatic heterocycles. The molecule has 0 aliphatic carbocycles. The molecule has 2 N–H and O–H groups in total. The Morgan fingerprint density at radius 3 is 2.62 bits per heavy atom. The van der Waals surface area contributed by atoms with Crippen LogP contribution in [-0.4, -0.2) is 27.0 Å². The summed E-state index contributed by atoms with van der Waals surface area (Å²) in [6.07, 6.45) is 0. The first kappa shape index (κ1) is 20.7. The van der Waals surface area contributed by atoms with E-state index in [1.165, 1.54) is 25.1 Å². The van der Waals surface area contributed by atoms with E-state index in [1.54, 1.807) is 31.2 Å². The zero-order valence-corrected chi connectivity index (χ0v) is 17.3. The van der Waals surface area contributed by atoms with Crippen molar-refractivity contribution >= 4 is 49.1 Å². The van der Waals surface area contributed by atoms with Gasteiger partial charge in [0, 0.05) is 9.50 Å². The molecule has 9 heteroatoms. The summed E-state index contributed by atoms with van der Waals surface area (Å²) in [5, 5.41) is 2.91. The van der Waals surface area contributed by atoms with Crippen LogP contribution < -0.4 is 14.8 Å². The van der Waals surface area contributed by atoms with Crippen LogP contribution in [0.25, 0.3) is 0 Å². The van der Waals surface area contributed by atoms with Gasteiger partial charge in [-0.05, 0) is 60.1 Å². The van der Waals surface area contributed by atoms with Crippen LogP contribution in [0.2, 0.25) is 5.02 Å². The second-order valence-electron chi connectivity index (χ2n) is 5.34. The van der Waals surface area contributed by atoms with Crippen LogP contribution in [0.15, 0.2) is 51.8 Å². The minimum Gasteiger partial charge on any atom is -0.492 e. The Bertz CT molecular complexity index is 905. The fourth-order valence-electron chi connectivity index (χ4n) is 2.12. The van der Waals surface area contributed by atoms with Crippen molar-refractivity contribution in [3.05, 3.63) is 52.0 Å². The van der Waals surface area contributed by atoms with Gasteiger partial charge in [0.1, 0.15) is 10.6 Å². The molecule has 0 spiro atoms. The Morgan fingerprint density at radius 2 is 1.96 bits per heavy atom. The van der Waals surface area contributed by atoms with E-state index in [0.717, 1.165) is 0 Å². The van der Waals surface area contributed by atoms with E-state index in [2.05, 4.69) is 26.0 Å². The highest BCUT2D eigenvalue weighted by atomic mass is 79.9. The number of rotatable bonds is 7. The number of hydrogen-bond acceptors (Lipinski definition) is 4. The number of para-hydroxylation sites is 1. The van der Waals surface area contributed by atoms with Gasteiger partial charge >= 0.3 is 0 Å². The molecule has 0 saturated carbocycles. The summed E-state index contributed by atoms with van der Waals surface area (Å²) in [6, 6.07) is 10.3. The zero-order chi connectivity index (χ0) is 19.3. The van der Waals surface area contributed by atoms with Gasteiger partial charge in [-0.3, -0.25) is 4.79 Å². The number of benzene rings is 2. The number of nitrogens with one attached hydrogen (secondary N) is 2. The molecule has 0 fully saturated rings. The summed E-state index contributed by atoms with van der Waals surface area (Å²) in [6.45, 7) is 3.49. The predicted octanol–water partition coefficient (Wildman–Crippen LogP) is 3.81. The predicted molar refractivity (Wildman–Crippen MR) is 105 cm³/mol. The van der Waals surface area contributed by atoms with Gasteiger partial charge in [0.05, 0.1) is 18.3 Å². The number of carbonyl (C=O) groups excluding carboxylic acids is 1. The van der Waals surface area contributed by atoms with Gasteiger partial charge in [0.25, 0.3) is 0 Å². The molecule has 1 amide bonds. The maximum atomic E-state index is 12.7. The Morgan fingerprint density at radius 1 is 1.27 bits per heavy atom. The van der Waals surface area contributed by atoms with E-state index < -0.39 is 22.0 Å². The Labute approximate surface area is 166 Å². The fourth-order valence-corrected chi connectivity index (χ4v) is 4.11. The lowest BCUT2D eigenvalue weighted by Gasteiger charge is -2.17. The molecule has 0 aliphatic rings. The lowest BCUT2D eigenvalue weighted by atomic mass is 10.3. The molecule has 2 aromatic carbocycles. The van der Waals surface area contributed by atoms with Crippen molar-refractivity contribution in [1.29, 1.82) is 0 Å². The first-order chi connectivity index (χ1) is 12.2. The van der Waals surface area contributed by atoms with Crippen molar-refractivity contribution in [2.24, 2.45) is 0 Å². The fraction of sp³-hybridized carbons (Fsp3) is 0.235. The number of hydrogen-bond donors (Lipinski definition) is 2. The molecule has 0 heterocycles. The van der Waals surface area contributed by atoms with E-state index in [9.17, 15) is 13.2 Å². The highest BCUT2D eigenvalue weighted by Gasteiger charge is 2.25. The zero-order valence-electron chi connectivity index (χ0n) is 14.1. The van der Waals surface area contributed by atoms with Crippen LogP contribution in [0.4, 0.5) is 5.69 Å². The standard InChI is InChI=1S/C17H18BrClN2O4S/c1-3-25-15-9-8-12(19)10-16(15)26(23,24)21-11(2)17(22)20-14-7-5-4-6-13(14)18/h4-11,21H,3H2,1-2H3,(H,20,22). The van der Waals surface area contributed by atoms with E-state index in [1.807, 2.05) is 0 Å². The van der Waals surface area contributed by atoms with E-state index in [-0.39, 0.29) is 15.7 Å². The second kappa shape index (κ2) is 8.85. The summed E-state index contributed by atoms with van der Waals surface area (Å²) in [5.74, 6) is -0.330. The van der Waals surface area contributed by atoms with Crippen molar-refractivity contribution < 1.29 is 17.9 Å². The van der Waals surface area contributed by atoms with Crippen molar-refractivity contribution in [1.82, 2.24) is 4.72 Å². The Kier molecular flexibility index (Phi) is 7.05. The molecule has 26 heavy (non-hydrogen) atoms. The van der Waals surface area contributed by atoms with Gasteiger partial charge < -0.3 is 10.1 Å². The maximum absolute atomic E-state index is 12.7. The summed E-state index contributed by atoms with van der Waals surface area (Å²) in [7, 11) is -4.01. The summed E-state index contributed by atoms with van der Waals surface area (Å²) in [5.41, 5.74) is 0.543. The average molecular weight is 462 g/mol. The molecule has 1 unspecified atom stereocenters. The lowest BCUT2D eigenvalue weighted by Crippen LogP contribution is -2.41. The molecule has 2 rings (SSSR count). The average Bonchev–Trinajstić information content (AvgIpc) is 2.58. The number of halogens is 2. The quantitative estimate of drug-likeness (QED) is 0.657. The number of ether oxygens (including phenoxy) is 1. The third-order valence-corrected chi connectivity index (χ3v) is 5.84. The molecule has 0 saturated heterocycles. The second-order valence-corrected chi connectivity index (χ2v) is 8.31. The molecule has 1 atom stereocenters. The smallest absolute Gasteiger partial charge is 0.245 e. The molecule has 0 radical (unpaired) electrons. The molecular weight excluding hydrogens is 444 g/mol. The summed E-state index contributed by atoms with van der Waals surface area (Å²) < 4.78 is 33.7. The van der Waals surface area contributed by atoms with Gasteiger partial charge in [-0.2, -0.15) is 4.72 Å². The molecular formula is C17H18BrClN2O4S. The van der Waals surface area contributed by atoms with Gasteiger partial charge in [-0.1, -0.05) is 23.7 Å². The topological polar surface area (TPSA) is 84.5 Å². The third-order valence-electron chi connectivity index (χ3n) is 3.35. The van der Waals surface area contributed by atoms with E-state index in [4.69, 9.17) is 16.3 Å². The van der Waals surface area contributed by atoms with Gasteiger partial charge in [-0.15, -0.1) is 0 Å². The minimum absolute atomic E-state index is 0.118. The van der Waals surface area contributed by atoms with Crippen molar-refractivity contribution in [3.63, 3.8) is 0 Å². The van der Waals surface area contributed by atoms with Crippen LogP contribution in [0, 0.1) is 0 Å². The molecule has 140 valence electrons. The summed E-state index contributed by atoms with van der Waals surface area (Å²) >= 11 is 9.24. The highest BCUT2D eigenvalue weighted by molar-refractivity contribution is 9.10. The third kappa shape index (κ3) is 5.20. The monoisotopic (exact) mass is 460 g/mol. The number of anilines is 1. The first-order valence-corrected chi connectivity index (χ1v) is 10.4. The molecule has 2 aromatic rings. The molecule has 0 aromatic heterocycles. The number of carbonyl (C=O) groups is 1. The molecule has 0 bridgehead atoms. The summed E-state index contributed by atoms with van der Waals surface area (Å²) in [4.78, 5) is 12.2. The van der Waals surface area contributed by atoms with Crippen molar-refractivity contribution in [3.8, 4) is 5.75 Å². The number of sulfonamides is 1. The first-order valence-electron chi connectivity index (χ1n) is 7.74. The van der Waals surface area contributed by atoms with Crippen molar-refractivity contribution in [2.75, 3.05) is 11.9 Å². The van der Waals surface area contributed by atoms with Crippen LogP contribution >= 0.6 is 27.5 Å². The van der Waals surface area contributed by atoms with Gasteiger partial charge in [0.15, 0.2) is 0 Å².